The first-order valence-corrected chi connectivity index (χ1v) is 5.43. The maximum atomic E-state index is 11.6. The zero-order chi connectivity index (χ0) is 14.4. The number of nitro groups is 1. The number of nitrogens with zero attached hydrogens (tertiary/aromatic N) is 1. The highest BCUT2D eigenvalue weighted by molar-refractivity contribution is 5.94. The zero-order valence-electron chi connectivity index (χ0n) is 10.3. The van der Waals surface area contributed by atoms with E-state index >= 15 is 0 Å². The van der Waals surface area contributed by atoms with E-state index in [-0.39, 0.29) is 30.9 Å². The Kier molecular flexibility index (Phi) is 7.19. The van der Waals surface area contributed by atoms with Crippen LogP contribution in [0.4, 0.5) is 11.4 Å². The number of amides is 1. The molecule has 110 valence electrons. The van der Waals surface area contributed by atoms with E-state index in [1.54, 1.807) is 0 Å². The molecule has 1 rings (SSSR count). The third kappa shape index (κ3) is 5.63. The van der Waals surface area contributed by atoms with Crippen molar-refractivity contribution in [3.8, 4) is 0 Å². The summed E-state index contributed by atoms with van der Waals surface area (Å²) in [5, 5.41) is 21.4. The minimum absolute atomic E-state index is 0. The molecule has 0 bridgehead atoms. The first-order chi connectivity index (χ1) is 8.90. The van der Waals surface area contributed by atoms with Crippen molar-refractivity contribution in [1.82, 2.24) is 0 Å². The smallest absolute Gasteiger partial charge is 0.303 e. The highest BCUT2D eigenvalue weighted by atomic mass is 35.5. The quantitative estimate of drug-likeness (QED) is 0.532. The second-order valence-corrected chi connectivity index (χ2v) is 3.83. The van der Waals surface area contributed by atoms with Crippen molar-refractivity contribution in [3.05, 3.63) is 34.4 Å². The van der Waals surface area contributed by atoms with E-state index in [0.717, 1.165) is 0 Å². The number of hydrogen-bond acceptors (Lipinski definition) is 5. The van der Waals surface area contributed by atoms with Gasteiger partial charge in [0.05, 0.1) is 11.0 Å². The molecular weight excluding hydrogens is 290 g/mol. The van der Waals surface area contributed by atoms with Gasteiger partial charge in [-0.25, -0.2) is 0 Å². The van der Waals surface area contributed by atoms with Crippen molar-refractivity contribution in [1.29, 1.82) is 0 Å². The molecule has 9 heteroatoms. The van der Waals surface area contributed by atoms with Crippen molar-refractivity contribution < 1.29 is 19.6 Å². The number of benzene rings is 1. The summed E-state index contributed by atoms with van der Waals surface area (Å²) in [6.07, 6.45) is -0.178. The van der Waals surface area contributed by atoms with Crippen LogP contribution in [-0.4, -0.2) is 27.9 Å². The Bertz CT molecular complexity index is 491. The Morgan fingerprint density at radius 1 is 1.35 bits per heavy atom. The molecule has 0 saturated heterocycles. The summed E-state index contributed by atoms with van der Waals surface area (Å²) < 4.78 is 0. The standard InChI is InChI=1S/C11H13N3O5.ClH/c12-9(5-6-10(15)16)11(17)13-7-1-3-8(4-2-7)14(18)19;/h1-4,9H,5-6,12H2,(H,13,17)(H,15,16);1H/t9-;/m0./s1. The molecule has 0 aliphatic carbocycles. The molecule has 1 aromatic rings. The number of rotatable bonds is 6. The molecule has 1 amide bonds. The molecule has 0 aromatic heterocycles. The number of nitrogens with one attached hydrogen (secondary N) is 1. The lowest BCUT2D eigenvalue weighted by Crippen LogP contribution is -2.36. The Hall–Kier alpha value is -2.19. The first-order valence-electron chi connectivity index (χ1n) is 5.43. The van der Waals surface area contributed by atoms with E-state index in [2.05, 4.69) is 5.32 Å². The van der Waals surface area contributed by atoms with Gasteiger partial charge in [-0.3, -0.25) is 19.7 Å². The van der Waals surface area contributed by atoms with Crippen LogP contribution in [0.15, 0.2) is 24.3 Å². The molecule has 1 atom stereocenters. The fourth-order valence-corrected chi connectivity index (χ4v) is 1.31. The molecule has 4 N–H and O–H groups in total. The summed E-state index contributed by atoms with van der Waals surface area (Å²) in [6.45, 7) is 0. The number of non-ortho nitro benzene ring substituents is 1. The van der Waals surface area contributed by atoms with Gasteiger partial charge in [-0.05, 0) is 18.6 Å². The van der Waals surface area contributed by atoms with Crippen LogP contribution in [0.2, 0.25) is 0 Å². The average molecular weight is 304 g/mol. The van der Waals surface area contributed by atoms with E-state index in [9.17, 15) is 19.7 Å². The summed E-state index contributed by atoms with van der Waals surface area (Å²) >= 11 is 0. The largest absolute Gasteiger partial charge is 0.481 e. The van der Waals surface area contributed by atoms with Gasteiger partial charge in [-0.2, -0.15) is 0 Å². The predicted octanol–water partition coefficient (Wildman–Crippen LogP) is 1.15. The average Bonchev–Trinajstić information content (AvgIpc) is 2.36. The number of carbonyl (C=O) groups is 2. The summed E-state index contributed by atoms with van der Waals surface area (Å²) in [5.41, 5.74) is 5.78. The summed E-state index contributed by atoms with van der Waals surface area (Å²) in [4.78, 5) is 31.8. The second-order valence-electron chi connectivity index (χ2n) is 3.83. The van der Waals surface area contributed by atoms with E-state index < -0.39 is 22.8 Å². The van der Waals surface area contributed by atoms with Gasteiger partial charge in [-0.15, -0.1) is 12.4 Å². The maximum Gasteiger partial charge on any atom is 0.303 e. The third-order valence-corrected chi connectivity index (χ3v) is 2.35. The molecular formula is C11H14ClN3O5. The summed E-state index contributed by atoms with van der Waals surface area (Å²) in [5.74, 6) is -1.56. The lowest BCUT2D eigenvalue weighted by Gasteiger charge is -2.10. The zero-order valence-corrected chi connectivity index (χ0v) is 11.1. The lowest BCUT2D eigenvalue weighted by molar-refractivity contribution is -0.384. The summed E-state index contributed by atoms with van der Waals surface area (Å²) in [6, 6.07) is 4.31. The number of carboxylic acids is 1. The molecule has 0 aliphatic heterocycles. The van der Waals surface area contributed by atoms with Gasteiger partial charge in [-0.1, -0.05) is 0 Å². The molecule has 20 heavy (non-hydrogen) atoms. The number of aliphatic carboxylic acids is 1. The molecule has 0 spiro atoms. The molecule has 0 saturated carbocycles. The van der Waals surface area contributed by atoms with Gasteiger partial charge < -0.3 is 16.2 Å². The van der Waals surface area contributed by atoms with Gasteiger partial charge in [0.2, 0.25) is 5.91 Å². The number of anilines is 1. The van der Waals surface area contributed by atoms with Gasteiger partial charge in [0.25, 0.3) is 5.69 Å². The van der Waals surface area contributed by atoms with Crippen LogP contribution < -0.4 is 11.1 Å². The van der Waals surface area contributed by atoms with E-state index in [4.69, 9.17) is 10.8 Å². The van der Waals surface area contributed by atoms with Crippen molar-refractivity contribution in [3.63, 3.8) is 0 Å². The van der Waals surface area contributed by atoms with Crippen LogP contribution in [-0.2, 0) is 9.59 Å². The first kappa shape index (κ1) is 17.8. The lowest BCUT2D eigenvalue weighted by atomic mass is 10.1. The van der Waals surface area contributed by atoms with Crippen LogP contribution in [0.1, 0.15) is 12.8 Å². The number of nitro benzene ring substituents is 1. The Morgan fingerprint density at radius 3 is 2.35 bits per heavy atom. The molecule has 8 nitrogen and oxygen atoms in total. The van der Waals surface area contributed by atoms with Crippen LogP contribution in [0.25, 0.3) is 0 Å². The normalized spacial score (nSPS) is 11.1. The van der Waals surface area contributed by atoms with Crippen molar-refractivity contribution >= 4 is 35.7 Å². The number of hydrogen-bond donors (Lipinski definition) is 3. The number of nitrogens with two attached hydrogens (primary N) is 1. The summed E-state index contributed by atoms with van der Waals surface area (Å²) in [7, 11) is 0. The van der Waals surface area contributed by atoms with Gasteiger partial charge >= 0.3 is 5.97 Å². The number of carbonyl (C=O) groups excluding carboxylic acids is 1. The maximum absolute atomic E-state index is 11.6. The van der Waals surface area contributed by atoms with Crippen molar-refractivity contribution in [2.75, 3.05) is 5.32 Å². The Balaban J connectivity index is 0.00000361. The molecule has 0 aliphatic rings. The molecule has 0 radical (unpaired) electrons. The van der Waals surface area contributed by atoms with Crippen LogP contribution >= 0.6 is 12.4 Å². The predicted molar refractivity (Wildman–Crippen MR) is 73.8 cm³/mol. The Labute approximate surface area is 120 Å². The topological polar surface area (TPSA) is 136 Å². The van der Waals surface area contributed by atoms with Gasteiger partial charge in [0, 0.05) is 24.2 Å². The van der Waals surface area contributed by atoms with E-state index in [1.807, 2.05) is 0 Å². The number of carboxylic acid groups (broad SMARTS) is 1. The van der Waals surface area contributed by atoms with E-state index in [1.165, 1.54) is 24.3 Å². The van der Waals surface area contributed by atoms with Crippen LogP contribution in [0.3, 0.4) is 0 Å². The molecule has 0 fully saturated rings. The fraction of sp³-hybridized carbons (Fsp3) is 0.273. The van der Waals surface area contributed by atoms with Gasteiger partial charge in [0.1, 0.15) is 0 Å². The SMILES string of the molecule is Cl.N[C@@H](CCC(=O)O)C(=O)Nc1ccc([N+](=O)[O-])cc1. The third-order valence-electron chi connectivity index (χ3n) is 2.35. The van der Waals surface area contributed by atoms with Gasteiger partial charge in [0.15, 0.2) is 0 Å². The van der Waals surface area contributed by atoms with Crippen LogP contribution in [0.5, 0.6) is 0 Å². The van der Waals surface area contributed by atoms with Crippen molar-refractivity contribution in [2.45, 2.75) is 18.9 Å². The highest BCUT2D eigenvalue weighted by Gasteiger charge is 2.15. The second kappa shape index (κ2) is 8.08. The molecule has 1 aromatic carbocycles. The fourth-order valence-electron chi connectivity index (χ4n) is 1.31. The minimum atomic E-state index is -1.03. The van der Waals surface area contributed by atoms with Crippen molar-refractivity contribution in [2.24, 2.45) is 5.73 Å². The molecule has 0 unspecified atom stereocenters. The monoisotopic (exact) mass is 303 g/mol. The highest BCUT2D eigenvalue weighted by Crippen LogP contribution is 2.15. The number of halogens is 1. The molecule has 0 heterocycles. The van der Waals surface area contributed by atoms with Crippen LogP contribution in [0, 0.1) is 10.1 Å². The van der Waals surface area contributed by atoms with E-state index in [0.29, 0.717) is 5.69 Å². The Morgan fingerprint density at radius 2 is 1.90 bits per heavy atom. The minimum Gasteiger partial charge on any atom is -0.481 e.